The third-order valence-corrected chi connectivity index (χ3v) is 4.56. The van der Waals surface area contributed by atoms with E-state index in [0.717, 1.165) is 18.5 Å². The Morgan fingerprint density at radius 1 is 1.11 bits per heavy atom. The third-order valence-electron chi connectivity index (χ3n) is 4.24. The molecule has 0 radical (unpaired) electrons. The fraction of sp³-hybridized carbons (Fsp3) is 0.250. The summed E-state index contributed by atoms with van der Waals surface area (Å²) in [7, 11) is 0. The Bertz CT molecular complexity index is 887. The molecule has 0 spiro atoms. The number of carbonyl (C=O) groups is 3. The van der Waals surface area contributed by atoms with Gasteiger partial charge in [0.2, 0.25) is 5.91 Å². The number of amides is 3. The quantitative estimate of drug-likeness (QED) is 0.727. The van der Waals surface area contributed by atoms with Crippen LogP contribution in [-0.4, -0.2) is 35.8 Å². The second-order valence-electron chi connectivity index (χ2n) is 6.34. The number of likely N-dealkylation sites (tertiary alicyclic amines) is 1. The molecule has 0 atom stereocenters. The minimum Gasteiger partial charge on any atom is -0.482 e. The molecule has 7 nitrogen and oxygen atoms in total. The van der Waals surface area contributed by atoms with Crippen molar-refractivity contribution in [2.24, 2.45) is 0 Å². The molecule has 1 fully saturated rings. The molecule has 0 unspecified atom stereocenters. The maximum absolute atomic E-state index is 12.3. The van der Waals surface area contributed by atoms with Crippen LogP contribution in [0.2, 0.25) is 5.02 Å². The van der Waals surface area contributed by atoms with Crippen molar-refractivity contribution in [3.63, 3.8) is 0 Å². The minimum atomic E-state index is -0.521. The number of carbonyl (C=O) groups excluding carboxylic acids is 3. The van der Waals surface area contributed by atoms with Crippen molar-refractivity contribution in [2.45, 2.75) is 19.4 Å². The lowest BCUT2D eigenvalue weighted by Gasteiger charge is -2.16. The maximum Gasteiger partial charge on any atom is 0.276 e. The van der Waals surface area contributed by atoms with E-state index in [4.69, 9.17) is 16.3 Å². The fourth-order valence-electron chi connectivity index (χ4n) is 2.84. The van der Waals surface area contributed by atoms with Gasteiger partial charge in [-0.3, -0.25) is 25.2 Å². The highest BCUT2D eigenvalue weighted by Crippen LogP contribution is 2.22. The molecule has 2 aromatic carbocycles. The second kappa shape index (κ2) is 9.23. The summed E-state index contributed by atoms with van der Waals surface area (Å²) >= 11 is 5.95. The molecule has 0 aromatic heterocycles. The van der Waals surface area contributed by atoms with Crippen LogP contribution in [0.3, 0.4) is 0 Å². The summed E-state index contributed by atoms with van der Waals surface area (Å²) in [6, 6.07) is 13.7. The molecular formula is C20H20ClN3O4. The summed E-state index contributed by atoms with van der Waals surface area (Å²) in [4.78, 5) is 37.6. The number of halogens is 1. The van der Waals surface area contributed by atoms with E-state index in [9.17, 15) is 14.4 Å². The predicted molar refractivity (Wildman–Crippen MR) is 104 cm³/mol. The van der Waals surface area contributed by atoms with Crippen LogP contribution in [0.5, 0.6) is 5.75 Å². The molecule has 1 aliphatic heterocycles. The summed E-state index contributed by atoms with van der Waals surface area (Å²) in [5.41, 5.74) is 5.89. The average molecular weight is 402 g/mol. The SMILES string of the molecule is O=C(COc1ccccc1Cl)NNC(=O)c1cccc(CN2CCCC2=O)c1. The molecule has 0 bridgehead atoms. The van der Waals surface area contributed by atoms with Crippen LogP contribution < -0.4 is 15.6 Å². The standard InChI is InChI=1S/C20H20ClN3O4/c21-16-7-1-2-8-17(16)28-13-18(25)22-23-20(27)15-6-3-5-14(11-15)12-24-10-4-9-19(24)26/h1-3,5-8,11H,4,9-10,12-13H2,(H,22,25)(H,23,27). The van der Waals surface area contributed by atoms with Gasteiger partial charge in [-0.2, -0.15) is 0 Å². The van der Waals surface area contributed by atoms with E-state index in [2.05, 4.69) is 10.9 Å². The van der Waals surface area contributed by atoms with E-state index in [1.54, 1.807) is 47.4 Å². The molecule has 3 amide bonds. The van der Waals surface area contributed by atoms with E-state index < -0.39 is 11.8 Å². The first-order valence-corrected chi connectivity index (χ1v) is 9.24. The number of nitrogens with one attached hydrogen (secondary N) is 2. The lowest BCUT2D eigenvalue weighted by molar-refractivity contribution is -0.128. The Morgan fingerprint density at radius 3 is 2.68 bits per heavy atom. The van der Waals surface area contributed by atoms with Gasteiger partial charge in [-0.1, -0.05) is 35.9 Å². The average Bonchev–Trinajstić information content (AvgIpc) is 3.10. The van der Waals surface area contributed by atoms with Gasteiger partial charge in [0.05, 0.1) is 5.02 Å². The Labute approximate surface area is 167 Å². The van der Waals surface area contributed by atoms with E-state index in [1.165, 1.54) is 0 Å². The van der Waals surface area contributed by atoms with Crippen LogP contribution in [-0.2, 0) is 16.1 Å². The molecule has 2 N–H and O–H groups in total. The number of rotatable bonds is 6. The van der Waals surface area contributed by atoms with Crippen LogP contribution in [0.4, 0.5) is 0 Å². The Morgan fingerprint density at radius 2 is 1.93 bits per heavy atom. The smallest absolute Gasteiger partial charge is 0.276 e. The number of nitrogens with zero attached hydrogens (tertiary/aromatic N) is 1. The third kappa shape index (κ3) is 5.23. The Balaban J connectivity index is 1.49. The van der Waals surface area contributed by atoms with Crippen LogP contribution in [0.25, 0.3) is 0 Å². The van der Waals surface area contributed by atoms with Gasteiger partial charge in [0, 0.05) is 25.1 Å². The molecule has 1 saturated heterocycles. The predicted octanol–water partition coefficient (Wildman–Crippen LogP) is 2.30. The summed E-state index contributed by atoms with van der Waals surface area (Å²) < 4.78 is 5.31. The molecule has 8 heteroatoms. The number of hydrogen-bond acceptors (Lipinski definition) is 4. The van der Waals surface area contributed by atoms with Gasteiger partial charge >= 0.3 is 0 Å². The van der Waals surface area contributed by atoms with Crippen molar-refractivity contribution in [1.29, 1.82) is 0 Å². The summed E-state index contributed by atoms with van der Waals surface area (Å²) in [6.07, 6.45) is 1.43. The highest BCUT2D eigenvalue weighted by Gasteiger charge is 2.20. The number of ether oxygens (including phenoxy) is 1. The van der Waals surface area contributed by atoms with Crippen molar-refractivity contribution in [3.05, 3.63) is 64.7 Å². The lowest BCUT2D eigenvalue weighted by atomic mass is 10.1. The number of para-hydroxylation sites is 1. The molecular weight excluding hydrogens is 382 g/mol. The monoisotopic (exact) mass is 401 g/mol. The van der Waals surface area contributed by atoms with Gasteiger partial charge in [-0.15, -0.1) is 0 Å². The largest absolute Gasteiger partial charge is 0.482 e. The van der Waals surface area contributed by atoms with E-state index in [1.807, 2.05) is 6.07 Å². The molecule has 1 heterocycles. The molecule has 146 valence electrons. The molecule has 0 saturated carbocycles. The lowest BCUT2D eigenvalue weighted by Crippen LogP contribution is -2.43. The zero-order valence-electron chi connectivity index (χ0n) is 15.1. The Hall–Kier alpha value is -3.06. The number of hydrogen-bond donors (Lipinski definition) is 2. The van der Waals surface area contributed by atoms with Crippen LogP contribution in [0, 0.1) is 0 Å². The van der Waals surface area contributed by atoms with E-state index >= 15 is 0 Å². The van der Waals surface area contributed by atoms with Crippen molar-refractivity contribution >= 4 is 29.3 Å². The normalized spacial score (nSPS) is 13.3. The van der Waals surface area contributed by atoms with Gasteiger partial charge < -0.3 is 9.64 Å². The van der Waals surface area contributed by atoms with Gasteiger partial charge in [0.1, 0.15) is 5.75 Å². The zero-order chi connectivity index (χ0) is 19.9. The molecule has 3 rings (SSSR count). The second-order valence-corrected chi connectivity index (χ2v) is 6.75. The first-order valence-electron chi connectivity index (χ1n) is 8.86. The first kappa shape index (κ1) is 19.7. The number of hydrazine groups is 1. The van der Waals surface area contributed by atoms with Gasteiger partial charge in [0.15, 0.2) is 6.61 Å². The first-order chi connectivity index (χ1) is 13.5. The van der Waals surface area contributed by atoms with E-state index in [0.29, 0.717) is 29.3 Å². The van der Waals surface area contributed by atoms with Crippen LogP contribution in [0.1, 0.15) is 28.8 Å². The summed E-state index contributed by atoms with van der Waals surface area (Å²) in [5.74, 6) is -0.469. The number of benzene rings is 2. The van der Waals surface area contributed by atoms with E-state index in [-0.39, 0.29) is 12.5 Å². The highest BCUT2D eigenvalue weighted by atomic mass is 35.5. The van der Waals surface area contributed by atoms with Crippen molar-refractivity contribution < 1.29 is 19.1 Å². The zero-order valence-corrected chi connectivity index (χ0v) is 15.9. The maximum atomic E-state index is 12.3. The molecule has 0 aliphatic carbocycles. The van der Waals surface area contributed by atoms with Gasteiger partial charge in [-0.05, 0) is 36.2 Å². The van der Waals surface area contributed by atoms with Crippen LogP contribution >= 0.6 is 11.6 Å². The highest BCUT2D eigenvalue weighted by molar-refractivity contribution is 6.32. The minimum absolute atomic E-state index is 0.126. The molecule has 1 aliphatic rings. The fourth-order valence-corrected chi connectivity index (χ4v) is 3.03. The van der Waals surface area contributed by atoms with Crippen molar-refractivity contribution in [3.8, 4) is 5.75 Å². The summed E-state index contributed by atoms with van der Waals surface area (Å²) in [6.45, 7) is 0.913. The van der Waals surface area contributed by atoms with Gasteiger partial charge in [-0.25, -0.2) is 0 Å². The van der Waals surface area contributed by atoms with Crippen molar-refractivity contribution in [2.75, 3.05) is 13.2 Å². The Kier molecular flexibility index (Phi) is 6.49. The van der Waals surface area contributed by atoms with Crippen molar-refractivity contribution in [1.82, 2.24) is 15.8 Å². The van der Waals surface area contributed by atoms with Crippen LogP contribution in [0.15, 0.2) is 48.5 Å². The molecule has 28 heavy (non-hydrogen) atoms. The summed E-state index contributed by atoms with van der Waals surface area (Å²) in [5, 5.41) is 0.396. The topological polar surface area (TPSA) is 87.7 Å². The molecule has 2 aromatic rings. The van der Waals surface area contributed by atoms with Gasteiger partial charge in [0.25, 0.3) is 11.8 Å².